The summed E-state index contributed by atoms with van der Waals surface area (Å²) < 4.78 is 10.9. The van der Waals surface area contributed by atoms with E-state index in [0.717, 1.165) is 51.3 Å². The lowest BCUT2D eigenvalue weighted by Gasteiger charge is -2.13. The highest BCUT2D eigenvalue weighted by Crippen LogP contribution is 2.28. The molecule has 2 aromatic carbocycles. The summed E-state index contributed by atoms with van der Waals surface area (Å²) in [5.41, 5.74) is 5.95. The molecule has 0 atom stereocenters. The number of aromatic nitrogens is 3. The van der Waals surface area contributed by atoms with E-state index in [0.29, 0.717) is 24.0 Å². The fourth-order valence-electron chi connectivity index (χ4n) is 3.71. The van der Waals surface area contributed by atoms with Crippen LogP contribution in [-0.2, 0) is 12.8 Å². The predicted octanol–water partition coefficient (Wildman–Crippen LogP) is 5.90. The van der Waals surface area contributed by atoms with E-state index in [-0.39, 0.29) is 0 Å². The molecule has 170 valence electrons. The van der Waals surface area contributed by atoms with Crippen LogP contribution in [0.5, 0.6) is 5.75 Å². The second-order valence-electron chi connectivity index (χ2n) is 8.23. The van der Waals surface area contributed by atoms with Crippen LogP contribution in [0.15, 0.2) is 65.7 Å². The Morgan fingerprint density at radius 1 is 1.12 bits per heavy atom. The Labute approximate surface area is 193 Å². The molecule has 7 heteroatoms. The average Bonchev–Trinajstić information content (AvgIpc) is 3.27. The van der Waals surface area contributed by atoms with E-state index in [9.17, 15) is 0 Å². The summed E-state index contributed by atoms with van der Waals surface area (Å²) in [6.07, 6.45) is 3.18. The second kappa shape index (κ2) is 9.73. The first kappa shape index (κ1) is 22.3. The predicted molar refractivity (Wildman–Crippen MR) is 132 cm³/mol. The van der Waals surface area contributed by atoms with Crippen LogP contribution in [0.2, 0.25) is 0 Å². The van der Waals surface area contributed by atoms with Gasteiger partial charge in [-0.1, -0.05) is 44.6 Å². The van der Waals surface area contributed by atoms with Crippen molar-refractivity contribution in [2.75, 3.05) is 17.7 Å². The Morgan fingerprint density at radius 3 is 2.70 bits per heavy atom. The van der Waals surface area contributed by atoms with Crippen LogP contribution >= 0.6 is 0 Å². The molecule has 4 aromatic rings. The summed E-state index contributed by atoms with van der Waals surface area (Å²) in [7, 11) is 1.70. The van der Waals surface area contributed by atoms with Crippen LogP contribution in [0.4, 0.5) is 11.6 Å². The van der Waals surface area contributed by atoms with E-state index in [1.54, 1.807) is 13.4 Å². The minimum absolute atomic E-state index is 0.300. The summed E-state index contributed by atoms with van der Waals surface area (Å²) >= 11 is 0. The summed E-state index contributed by atoms with van der Waals surface area (Å²) in [6, 6.07) is 14.2. The molecule has 0 radical (unpaired) electrons. The van der Waals surface area contributed by atoms with Crippen molar-refractivity contribution in [3.8, 4) is 5.75 Å². The fourth-order valence-corrected chi connectivity index (χ4v) is 3.71. The topological polar surface area (TPSA) is 85.1 Å². The van der Waals surface area contributed by atoms with Crippen LogP contribution in [0.1, 0.15) is 49.2 Å². The maximum atomic E-state index is 5.58. The van der Waals surface area contributed by atoms with Gasteiger partial charge in [-0.2, -0.15) is 0 Å². The summed E-state index contributed by atoms with van der Waals surface area (Å²) in [5, 5.41) is 11.5. The van der Waals surface area contributed by atoms with Crippen LogP contribution in [0.25, 0.3) is 10.9 Å². The number of fused-ring (bicyclic) bond motifs is 1. The molecule has 0 saturated heterocycles. The molecule has 0 saturated carbocycles. The van der Waals surface area contributed by atoms with E-state index in [1.807, 2.05) is 24.3 Å². The molecule has 0 aliphatic rings. The molecule has 0 unspecified atom stereocenters. The fraction of sp³-hybridized carbons (Fsp3) is 0.269. The van der Waals surface area contributed by atoms with Crippen molar-refractivity contribution in [3.63, 3.8) is 0 Å². The summed E-state index contributed by atoms with van der Waals surface area (Å²) in [4.78, 5) is 9.02. The molecular weight excluding hydrogens is 414 g/mol. The van der Waals surface area contributed by atoms with Crippen LogP contribution in [-0.4, -0.2) is 22.2 Å². The number of methoxy groups -OCH3 is 1. The second-order valence-corrected chi connectivity index (χ2v) is 8.23. The third-order valence-corrected chi connectivity index (χ3v) is 5.49. The summed E-state index contributed by atoms with van der Waals surface area (Å²) in [6.45, 7) is 10.3. The highest BCUT2D eigenvalue weighted by molar-refractivity contribution is 5.83. The maximum absolute atomic E-state index is 5.58. The number of anilines is 2. The monoisotopic (exact) mass is 443 g/mol. The Morgan fingerprint density at radius 2 is 1.97 bits per heavy atom. The van der Waals surface area contributed by atoms with E-state index < -0.39 is 0 Å². The third kappa shape index (κ3) is 5.14. The van der Waals surface area contributed by atoms with Gasteiger partial charge in [0.2, 0.25) is 5.88 Å². The van der Waals surface area contributed by atoms with Gasteiger partial charge in [0, 0.05) is 23.6 Å². The Balaban J connectivity index is 1.51. The molecule has 0 aliphatic carbocycles. The number of benzene rings is 2. The van der Waals surface area contributed by atoms with E-state index in [2.05, 4.69) is 71.3 Å². The van der Waals surface area contributed by atoms with Gasteiger partial charge in [0.15, 0.2) is 0 Å². The van der Waals surface area contributed by atoms with Crippen molar-refractivity contribution in [2.45, 2.75) is 39.5 Å². The molecule has 7 nitrogen and oxygen atoms in total. The molecule has 0 bridgehead atoms. The highest BCUT2D eigenvalue weighted by Gasteiger charge is 2.11. The van der Waals surface area contributed by atoms with Crippen molar-refractivity contribution >= 4 is 22.5 Å². The lowest BCUT2D eigenvalue weighted by atomic mass is 10.0. The van der Waals surface area contributed by atoms with Crippen molar-refractivity contribution in [1.82, 2.24) is 15.1 Å². The van der Waals surface area contributed by atoms with Gasteiger partial charge >= 0.3 is 0 Å². The van der Waals surface area contributed by atoms with Crippen molar-refractivity contribution in [2.24, 2.45) is 0 Å². The number of aryl methyl sites for hydroxylation is 1. The van der Waals surface area contributed by atoms with Gasteiger partial charge < -0.3 is 19.9 Å². The van der Waals surface area contributed by atoms with E-state index in [4.69, 9.17) is 9.26 Å². The van der Waals surface area contributed by atoms with Gasteiger partial charge in [0.05, 0.1) is 24.0 Å². The first-order chi connectivity index (χ1) is 16.0. The molecule has 0 fully saturated rings. The number of hydrogen-bond acceptors (Lipinski definition) is 7. The van der Waals surface area contributed by atoms with Crippen LogP contribution < -0.4 is 15.4 Å². The highest BCUT2D eigenvalue weighted by atomic mass is 16.5. The van der Waals surface area contributed by atoms with Crippen LogP contribution in [0, 0.1) is 0 Å². The smallest absolute Gasteiger partial charge is 0.230 e. The van der Waals surface area contributed by atoms with Gasteiger partial charge in [-0.3, -0.25) is 0 Å². The molecule has 0 amide bonds. The zero-order valence-corrected chi connectivity index (χ0v) is 19.5. The number of rotatable bonds is 9. The van der Waals surface area contributed by atoms with Crippen LogP contribution in [0.3, 0.4) is 0 Å². The molecule has 0 spiro atoms. The Hall–Kier alpha value is -3.87. The number of nitrogens with one attached hydrogen (secondary N) is 2. The van der Waals surface area contributed by atoms with Crippen molar-refractivity contribution in [3.05, 3.63) is 83.7 Å². The van der Waals surface area contributed by atoms with Gasteiger partial charge in [0.1, 0.15) is 17.9 Å². The molecule has 2 heterocycles. The first-order valence-corrected chi connectivity index (χ1v) is 11.1. The zero-order valence-electron chi connectivity index (χ0n) is 19.5. The van der Waals surface area contributed by atoms with Gasteiger partial charge in [0.25, 0.3) is 0 Å². The first-order valence-electron chi connectivity index (χ1n) is 11.1. The van der Waals surface area contributed by atoms with E-state index in [1.165, 1.54) is 0 Å². The quantitative estimate of drug-likeness (QED) is 0.333. The maximum Gasteiger partial charge on any atom is 0.230 e. The van der Waals surface area contributed by atoms with Gasteiger partial charge in [-0.15, -0.1) is 0 Å². The van der Waals surface area contributed by atoms with Crippen molar-refractivity contribution in [1.29, 1.82) is 0 Å². The largest absolute Gasteiger partial charge is 0.496 e. The minimum atomic E-state index is 0.300. The lowest BCUT2D eigenvalue weighted by molar-refractivity contribution is 0.411. The Bertz CT molecular complexity index is 1280. The minimum Gasteiger partial charge on any atom is -0.496 e. The van der Waals surface area contributed by atoms with Crippen molar-refractivity contribution < 1.29 is 9.26 Å². The molecular formula is C26H29N5O2. The standard InChI is InChI=1S/C26H29N5O2/c1-6-19-12-24-21(13-25(19)32-5)23(27-15-28-24)11-18-8-7-9-20(10-18)29-17(4)30-26-14-22(16(2)3)31-33-26/h7-10,12-16,29-30H,4,6,11H2,1-3,5H3. The third-order valence-electron chi connectivity index (χ3n) is 5.49. The normalized spacial score (nSPS) is 11.1. The molecule has 2 N–H and O–H groups in total. The molecule has 33 heavy (non-hydrogen) atoms. The molecule has 0 aliphatic heterocycles. The Kier molecular flexibility index (Phi) is 6.58. The summed E-state index contributed by atoms with van der Waals surface area (Å²) in [5.74, 6) is 2.32. The number of ether oxygens (including phenoxy) is 1. The number of nitrogens with zero attached hydrogens (tertiary/aromatic N) is 3. The lowest BCUT2D eigenvalue weighted by Crippen LogP contribution is -2.08. The SMILES string of the molecule is C=C(Nc1cccc(Cc2ncnc3cc(CC)c(OC)cc23)c1)Nc1cc(C(C)C)no1. The molecule has 2 aromatic heterocycles. The van der Waals surface area contributed by atoms with Gasteiger partial charge in [-0.05, 0) is 47.7 Å². The zero-order chi connectivity index (χ0) is 23.4. The number of hydrogen-bond donors (Lipinski definition) is 2. The van der Waals surface area contributed by atoms with E-state index >= 15 is 0 Å². The van der Waals surface area contributed by atoms with Gasteiger partial charge in [-0.25, -0.2) is 9.97 Å². The molecule has 4 rings (SSSR count). The average molecular weight is 444 g/mol.